The van der Waals surface area contributed by atoms with Crippen LogP contribution in [-0.2, 0) is 12.3 Å². The average molecular weight is 355 g/mol. The highest BCUT2D eigenvalue weighted by atomic mass is 32.2. The lowest BCUT2D eigenvalue weighted by molar-refractivity contribution is 0.411. The van der Waals surface area contributed by atoms with Crippen molar-refractivity contribution in [3.8, 4) is 17.1 Å². The molecule has 25 heavy (non-hydrogen) atoms. The first-order chi connectivity index (χ1) is 12.1. The van der Waals surface area contributed by atoms with Crippen LogP contribution in [0.3, 0.4) is 0 Å². The first-order valence-corrected chi connectivity index (χ1v) is 8.97. The Kier molecular flexibility index (Phi) is 5.28. The molecule has 0 unspecified atom stereocenters. The van der Waals surface area contributed by atoms with Crippen molar-refractivity contribution >= 4 is 11.8 Å². The Morgan fingerprint density at radius 2 is 2.12 bits per heavy atom. The molecule has 130 valence electrons. The molecule has 0 saturated heterocycles. The van der Waals surface area contributed by atoms with Crippen LogP contribution in [0.15, 0.2) is 52.8 Å². The van der Waals surface area contributed by atoms with E-state index in [1.165, 1.54) is 5.56 Å². The van der Waals surface area contributed by atoms with Gasteiger partial charge in [-0.15, -0.1) is 16.8 Å². The molecule has 6 heteroatoms. The van der Waals surface area contributed by atoms with Gasteiger partial charge >= 0.3 is 0 Å². The highest BCUT2D eigenvalue weighted by Gasteiger charge is 2.17. The molecule has 0 saturated carbocycles. The second kappa shape index (κ2) is 7.61. The molecular weight excluding hydrogens is 334 g/mol. The molecule has 3 rings (SSSR count). The maximum Gasteiger partial charge on any atom is 0.192 e. The largest absolute Gasteiger partial charge is 0.496 e. The summed E-state index contributed by atoms with van der Waals surface area (Å²) in [5, 5.41) is 9.58. The lowest BCUT2D eigenvalue weighted by Gasteiger charge is -2.10. The first kappa shape index (κ1) is 17.4. The van der Waals surface area contributed by atoms with Crippen molar-refractivity contribution in [2.45, 2.75) is 31.3 Å². The van der Waals surface area contributed by atoms with Crippen LogP contribution >= 0.6 is 11.8 Å². The van der Waals surface area contributed by atoms with Gasteiger partial charge in [0.1, 0.15) is 11.5 Å². The van der Waals surface area contributed by atoms with Gasteiger partial charge in [-0.3, -0.25) is 4.57 Å². The maximum absolute atomic E-state index is 5.46. The summed E-state index contributed by atoms with van der Waals surface area (Å²) >= 11 is 1.63. The van der Waals surface area contributed by atoms with Crippen LogP contribution < -0.4 is 4.74 Å². The standard InChI is InChI=1S/C19H21N3O2S/c1-5-9-22-18(16-8-10-24-14(16)3)20-21-19(22)25-12-15-11-13(2)6-7-17(15)23-4/h5-8,10-11H,1,9,12H2,2-4H3. The zero-order chi connectivity index (χ0) is 17.8. The number of ether oxygens (including phenoxy) is 1. The van der Waals surface area contributed by atoms with Crippen molar-refractivity contribution in [1.82, 2.24) is 14.8 Å². The van der Waals surface area contributed by atoms with Gasteiger partial charge in [0.05, 0.1) is 18.9 Å². The predicted molar refractivity (Wildman–Crippen MR) is 100.0 cm³/mol. The van der Waals surface area contributed by atoms with E-state index in [2.05, 4.69) is 34.3 Å². The van der Waals surface area contributed by atoms with E-state index in [9.17, 15) is 0 Å². The summed E-state index contributed by atoms with van der Waals surface area (Å²) in [4.78, 5) is 0. The molecule has 0 amide bonds. The Morgan fingerprint density at radius 3 is 2.80 bits per heavy atom. The summed E-state index contributed by atoms with van der Waals surface area (Å²) in [6, 6.07) is 8.10. The normalized spacial score (nSPS) is 10.8. The van der Waals surface area contributed by atoms with E-state index >= 15 is 0 Å². The van der Waals surface area contributed by atoms with Crippen LogP contribution in [0, 0.1) is 13.8 Å². The predicted octanol–water partition coefficient (Wildman–Crippen LogP) is 4.64. The van der Waals surface area contributed by atoms with E-state index in [4.69, 9.17) is 9.15 Å². The van der Waals surface area contributed by atoms with E-state index in [0.29, 0.717) is 6.54 Å². The molecule has 1 aromatic carbocycles. The summed E-state index contributed by atoms with van der Waals surface area (Å²) < 4.78 is 12.9. The van der Waals surface area contributed by atoms with Crippen LogP contribution in [0.1, 0.15) is 16.9 Å². The molecule has 0 fully saturated rings. The van der Waals surface area contributed by atoms with Crippen molar-refractivity contribution in [2.24, 2.45) is 0 Å². The third-order valence-electron chi connectivity index (χ3n) is 3.92. The van der Waals surface area contributed by atoms with Gasteiger partial charge < -0.3 is 9.15 Å². The molecule has 0 spiro atoms. The molecule has 0 N–H and O–H groups in total. The molecule has 0 aliphatic carbocycles. The summed E-state index contributed by atoms with van der Waals surface area (Å²) in [6.45, 7) is 8.49. The van der Waals surface area contributed by atoms with Gasteiger partial charge in [0, 0.05) is 17.9 Å². The number of allylic oxidation sites excluding steroid dienone is 1. The average Bonchev–Trinajstić information content (AvgIpc) is 3.19. The van der Waals surface area contributed by atoms with Gasteiger partial charge in [0.25, 0.3) is 0 Å². The number of furan rings is 1. The van der Waals surface area contributed by atoms with E-state index in [1.807, 2.05) is 31.2 Å². The molecular formula is C19H21N3O2S. The topological polar surface area (TPSA) is 53.1 Å². The zero-order valence-corrected chi connectivity index (χ0v) is 15.5. The Morgan fingerprint density at radius 1 is 1.28 bits per heavy atom. The molecule has 3 aromatic rings. The number of benzene rings is 1. The molecule has 0 bridgehead atoms. The van der Waals surface area contributed by atoms with Crippen LogP contribution in [0.4, 0.5) is 0 Å². The molecule has 5 nitrogen and oxygen atoms in total. The van der Waals surface area contributed by atoms with Gasteiger partial charge in [-0.1, -0.05) is 35.5 Å². The number of hydrogen-bond acceptors (Lipinski definition) is 5. The SMILES string of the molecule is C=CCn1c(SCc2cc(C)ccc2OC)nnc1-c1ccoc1C. The molecule has 2 aromatic heterocycles. The minimum absolute atomic E-state index is 0.639. The molecule has 2 heterocycles. The Bertz CT molecular complexity index is 883. The Hall–Kier alpha value is -2.47. The van der Waals surface area contributed by atoms with Crippen molar-refractivity contribution in [2.75, 3.05) is 7.11 Å². The van der Waals surface area contributed by atoms with Crippen LogP contribution in [0.25, 0.3) is 11.4 Å². The molecule has 0 radical (unpaired) electrons. The van der Waals surface area contributed by atoms with Crippen LogP contribution in [0.5, 0.6) is 5.75 Å². The Labute approximate surface area is 151 Å². The van der Waals surface area contributed by atoms with E-state index in [-0.39, 0.29) is 0 Å². The molecule has 0 aliphatic heterocycles. The number of aryl methyl sites for hydroxylation is 2. The molecule has 0 atom stereocenters. The summed E-state index contributed by atoms with van der Waals surface area (Å²) in [5.41, 5.74) is 3.30. The fourth-order valence-electron chi connectivity index (χ4n) is 2.67. The van der Waals surface area contributed by atoms with Gasteiger partial charge in [-0.25, -0.2) is 0 Å². The highest BCUT2D eigenvalue weighted by molar-refractivity contribution is 7.98. The van der Waals surface area contributed by atoms with Crippen LogP contribution in [0.2, 0.25) is 0 Å². The zero-order valence-electron chi connectivity index (χ0n) is 14.7. The smallest absolute Gasteiger partial charge is 0.192 e. The number of thioether (sulfide) groups is 1. The van der Waals surface area contributed by atoms with Crippen LogP contribution in [-0.4, -0.2) is 21.9 Å². The number of rotatable bonds is 7. The van der Waals surface area contributed by atoms with Crippen molar-refractivity contribution in [3.05, 3.63) is 60.1 Å². The lowest BCUT2D eigenvalue weighted by Crippen LogP contribution is -2.01. The minimum atomic E-state index is 0.639. The van der Waals surface area contributed by atoms with E-state index in [1.54, 1.807) is 25.1 Å². The first-order valence-electron chi connectivity index (χ1n) is 7.99. The van der Waals surface area contributed by atoms with Gasteiger partial charge in [-0.2, -0.15) is 0 Å². The summed E-state index contributed by atoms with van der Waals surface area (Å²) in [7, 11) is 1.69. The summed E-state index contributed by atoms with van der Waals surface area (Å²) in [5.74, 6) is 3.27. The van der Waals surface area contributed by atoms with Gasteiger partial charge in [0.15, 0.2) is 11.0 Å². The van der Waals surface area contributed by atoms with E-state index < -0.39 is 0 Å². The number of hydrogen-bond donors (Lipinski definition) is 0. The number of nitrogens with zero attached hydrogens (tertiary/aromatic N) is 3. The molecule has 0 aliphatic rings. The number of aromatic nitrogens is 3. The monoisotopic (exact) mass is 355 g/mol. The second-order valence-electron chi connectivity index (χ2n) is 5.70. The third kappa shape index (κ3) is 3.64. The fourth-order valence-corrected chi connectivity index (χ4v) is 3.59. The van der Waals surface area contributed by atoms with Crippen molar-refractivity contribution in [1.29, 1.82) is 0 Å². The third-order valence-corrected chi connectivity index (χ3v) is 4.94. The van der Waals surface area contributed by atoms with Crippen molar-refractivity contribution in [3.63, 3.8) is 0 Å². The fraction of sp³-hybridized carbons (Fsp3) is 0.263. The highest BCUT2D eigenvalue weighted by Crippen LogP contribution is 2.31. The summed E-state index contributed by atoms with van der Waals surface area (Å²) in [6.07, 6.45) is 3.52. The lowest BCUT2D eigenvalue weighted by atomic mass is 10.1. The Balaban J connectivity index is 1.88. The number of methoxy groups -OCH3 is 1. The van der Waals surface area contributed by atoms with Gasteiger partial charge in [0.2, 0.25) is 0 Å². The quantitative estimate of drug-likeness (QED) is 0.456. The maximum atomic E-state index is 5.46. The minimum Gasteiger partial charge on any atom is -0.496 e. The van der Waals surface area contributed by atoms with E-state index in [0.717, 1.165) is 39.4 Å². The van der Waals surface area contributed by atoms with Crippen molar-refractivity contribution < 1.29 is 9.15 Å². The van der Waals surface area contributed by atoms with Gasteiger partial charge in [-0.05, 0) is 26.0 Å². The second-order valence-corrected chi connectivity index (χ2v) is 6.64.